The third-order valence-electron chi connectivity index (χ3n) is 4.95. The first-order chi connectivity index (χ1) is 13.0. The van der Waals surface area contributed by atoms with Crippen molar-refractivity contribution in [1.29, 1.82) is 0 Å². The SMILES string of the molecule is COc1cc(C)c(CC(=O)N2CCN(C(=O)c3cc[nH]c3)CC2)cc1OC. The Morgan fingerprint density at radius 1 is 1.04 bits per heavy atom. The first kappa shape index (κ1) is 18.8. The number of carbonyl (C=O) groups excluding carboxylic acids is 2. The molecule has 27 heavy (non-hydrogen) atoms. The van der Waals surface area contributed by atoms with E-state index >= 15 is 0 Å². The van der Waals surface area contributed by atoms with Crippen molar-refractivity contribution < 1.29 is 19.1 Å². The molecule has 7 nitrogen and oxygen atoms in total. The van der Waals surface area contributed by atoms with Gasteiger partial charge < -0.3 is 24.3 Å². The van der Waals surface area contributed by atoms with Crippen LogP contribution >= 0.6 is 0 Å². The van der Waals surface area contributed by atoms with Crippen molar-refractivity contribution >= 4 is 11.8 Å². The number of rotatable bonds is 5. The molecule has 1 aliphatic rings. The van der Waals surface area contributed by atoms with Gasteiger partial charge in [0.1, 0.15) is 0 Å². The highest BCUT2D eigenvalue weighted by molar-refractivity contribution is 5.94. The number of aromatic nitrogens is 1. The molecule has 1 aromatic heterocycles. The van der Waals surface area contributed by atoms with Gasteiger partial charge in [0.25, 0.3) is 5.91 Å². The van der Waals surface area contributed by atoms with Crippen molar-refractivity contribution in [3.05, 3.63) is 47.3 Å². The van der Waals surface area contributed by atoms with Crippen LogP contribution in [0.25, 0.3) is 0 Å². The van der Waals surface area contributed by atoms with Crippen LogP contribution in [0, 0.1) is 6.92 Å². The lowest BCUT2D eigenvalue weighted by atomic mass is 10.0. The molecule has 2 heterocycles. The van der Waals surface area contributed by atoms with Crippen molar-refractivity contribution in [3.8, 4) is 11.5 Å². The molecule has 0 aliphatic carbocycles. The van der Waals surface area contributed by atoms with Crippen LogP contribution in [0.2, 0.25) is 0 Å². The molecule has 0 radical (unpaired) electrons. The second kappa shape index (κ2) is 8.16. The fourth-order valence-corrected chi connectivity index (χ4v) is 3.29. The Bertz CT molecular complexity index is 809. The molecule has 7 heteroatoms. The van der Waals surface area contributed by atoms with E-state index in [0.717, 1.165) is 11.1 Å². The normalized spacial score (nSPS) is 14.2. The van der Waals surface area contributed by atoms with Crippen LogP contribution in [0.4, 0.5) is 0 Å². The van der Waals surface area contributed by atoms with E-state index in [-0.39, 0.29) is 11.8 Å². The highest BCUT2D eigenvalue weighted by atomic mass is 16.5. The number of amides is 2. The molecular weight excluding hydrogens is 346 g/mol. The number of aromatic amines is 1. The number of hydrogen-bond acceptors (Lipinski definition) is 4. The molecular formula is C20H25N3O4. The molecule has 1 saturated heterocycles. The number of piperazine rings is 1. The lowest BCUT2D eigenvalue weighted by Crippen LogP contribution is -2.51. The van der Waals surface area contributed by atoms with E-state index in [4.69, 9.17) is 9.47 Å². The summed E-state index contributed by atoms with van der Waals surface area (Å²) >= 11 is 0. The number of aryl methyl sites for hydroxylation is 1. The van der Waals surface area contributed by atoms with Crippen molar-refractivity contribution in [2.75, 3.05) is 40.4 Å². The lowest BCUT2D eigenvalue weighted by molar-refractivity contribution is -0.131. The van der Waals surface area contributed by atoms with Gasteiger partial charge in [0.05, 0.1) is 26.2 Å². The zero-order chi connectivity index (χ0) is 19.4. The summed E-state index contributed by atoms with van der Waals surface area (Å²) in [7, 11) is 3.18. The minimum atomic E-state index is -0.000848. The summed E-state index contributed by atoms with van der Waals surface area (Å²) < 4.78 is 10.6. The van der Waals surface area contributed by atoms with Gasteiger partial charge in [-0.05, 0) is 36.2 Å². The van der Waals surface area contributed by atoms with Crippen LogP contribution in [0.5, 0.6) is 11.5 Å². The molecule has 3 rings (SSSR count). The number of ether oxygens (including phenoxy) is 2. The minimum absolute atomic E-state index is 0.000848. The van der Waals surface area contributed by atoms with Crippen LogP contribution in [0.1, 0.15) is 21.5 Å². The van der Waals surface area contributed by atoms with Crippen molar-refractivity contribution in [2.24, 2.45) is 0 Å². The average Bonchev–Trinajstić information content (AvgIpc) is 3.23. The maximum Gasteiger partial charge on any atom is 0.255 e. The van der Waals surface area contributed by atoms with Gasteiger partial charge in [0.15, 0.2) is 11.5 Å². The van der Waals surface area contributed by atoms with Crippen LogP contribution in [0.3, 0.4) is 0 Å². The molecule has 1 fully saturated rings. The maximum atomic E-state index is 12.7. The summed E-state index contributed by atoms with van der Waals surface area (Å²) in [5.41, 5.74) is 2.56. The molecule has 2 aromatic rings. The Labute approximate surface area is 158 Å². The van der Waals surface area contributed by atoms with Gasteiger partial charge in [-0.3, -0.25) is 9.59 Å². The number of carbonyl (C=O) groups is 2. The third-order valence-corrected chi connectivity index (χ3v) is 4.95. The zero-order valence-electron chi connectivity index (χ0n) is 15.9. The summed E-state index contributed by atoms with van der Waals surface area (Å²) in [5, 5.41) is 0. The number of methoxy groups -OCH3 is 2. The Morgan fingerprint density at radius 2 is 1.67 bits per heavy atom. The van der Waals surface area contributed by atoms with Crippen molar-refractivity contribution in [3.63, 3.8) is 0 Å². The van der Waals surface area contributed by atoms with Gasteiger partial charge in [-0.1, -0.05) is 0 Å². The van der Waals surface area contributed by atoms with E-state index in [1.807, 2.05) is 24.0 Å². The minimum Gasteiger partial charge on any atom is -0.493 e. The maximum absolute atomic E-state index is 12.7. The second-order valence-corrected chi connectivity index (χ2v) is 6.58. The van der Waals surface area contributed by atoms with E-state index in [2.05, 4.69) is 4.98 Å². The lowest BCUT2D eigenvalue weighted by Gasteiger charge is -2.34. The van der Waals surface area contributed by atoms with E-state index in [1.54, 1.807) is 37.6 Å². The van der Waals surface area contributed by atoms with Gasteiger partial charge in [0.2, 0.25) is 5.91 Å². The first-order valence-electron chi connectivity index (χ1n) is 8.94. The topological polar surface area (TPSA) is 74.9 Å². The van der Waals surface area contributed by atoms with Crippen molar-refractivity contribution in [2.45, 2.75) is 13.3 Å². The fraction of sp³-hybridized carbons (Fsp3) is 0.400. The highest BCUT2D eigenvalue weighted by Crippen LogP contribution is 2.30. The quantitative estimate of drug-likeness (QED) is 0.871. The summed E-state index contributed by atoms with van der Waals surface area (Å²) in [5.74, 6) is 1.33. The van der Waals surface area contributed by atoms with Gasteiger partial charge in [-0.2, -0.15) is 0 Å². The predicted molar refractivity (Wildman–Crippen MR) is 101 cm³/mol. The standard InChI is InChI=1S/C20H25N3O4/c1-14-10-17(26-2)18(27-3)11-16(14)12-19(24)22-6-8-23(9-7-22)20(25)15-4-5-21-13-15/h4-5,10-11,13,21H,6-9,12H2,1-3H3. The van der Waals surface area contributed by atoms with Gasteiger partial charge in [-0.15, -0.1) is 0 Å². The average molecular weight is 371 g/mol. The largest absolute Gasteiger partial charge is 0.493 e. The highest BCUT2D eigenvalue weighted by Gasteiger charge is 2.25. The number of hydrogen-bond donors (Lipinski definition) is 1. The first-order valence-corrected chi connectivity index (χ1v) is 8.94. The number of nitrogens with zero attached hydrogens (tertiary/aromatic N) is 2. The van der Waals surface area contributed by atoms with Crippen molar-refractivity contribution in [1.82, 2.24) is 14.8 Å². The summed E-state index contributed by atoms with van der Waals surface area (Å²) in [6.45, 7) is 4.13. The third kappa shape index (κ3) is 4.07. The molecule has 1 N–H and O–H groups in total. The second-order valence-electron chi connectivity index (χ2n) is 6.58. The van der Waals surface area contributed by atoms with Gasteiger partial charge in [-0.25, -0.2) is 0 Å². The van der Waals surface area contributed by atoms with E-state index in [0.29, 0.717) is 49.7 Å². The fourth-order valence-electron chi connectivity index (χ4n) is 3.29. The molecule has 144 valence electrons. The number of benzene rings is 1. The van der Waals surface area contributed by atoms with Crippen LogP contribution in [-0.4, -0.2) is 67.0 Å². The molecule has 0 atom stereocenters. The summed E-state index contributed by atoms with van der Waals surface area (Å²) in [6.07, 6.45) is 3.73. The number of H-pyrrole nitrogens is 1. The van der Waals surface area contributed by atoms with Crippen LogP contribution in [0.15, 0.2) is 30.6 Å². The molecule has 2 amide bonds. The number of nitrogens with one attached hydrogen (secondary N) is 1. The molecule has 0 bridgehead atoms. The summed E-state index contributed by atoms with van der Waals surface area (Å²) in [4.78, 5) is 31.6. The Morgan fingerprint density at radius 3 is 2.26 bits per heavy atom. The smallest absolute Gasteiger partial charge is 0.255 e. The molecule has 0 spiro atoms. The molecule has 0 saturated carbocycles. The molecule has 0 unspecified atom stereocenters. The van der Waals surface area contributed by atoms with E-state index < -0.39 is 0 Å². The Hall–Kier alpha value is -2.96. The van der Waals surface area contributed by atoms with E-state index in [9.17, 15) is 9.59 Å². The predicted octanol–water partition coefficient (Wildman–Crippen LogP) is 1.87. The van der Waals surface area contributed by atoms with Gasteiger partial charge >= 0.3 is 0 Å². The Balaban J connectivity index is 1.61. The zero-order valence-corrected chi connectivity index (χ0v) is 15.9. The Kier molecular flexibility index (Phi) is 5.69. The van der Waals surface area contributed by atoms with Crippen LogP contribution < -0.4 is 9.47 Å². The summed E-state index contributed by atoms with van der Waals surface area (Å²) in [6, 6.07) is 5.51. The molecule has 1 aromatic carbocycles. The molecule has 1 aliphatic heterocycles. The van der Waals surface area contributed by atoms with Crippen LogP contribution in [-0.2, 0) is 11.2 Å². The monoisotopic (exact) mass is 371 g/mol. The van der Waals surface area contributed by atoms with Gasteiger partial charge in [0, 0.05) is 38.6 Å². The van der Waals surface area contributed by atoms with E-state index in [1.165, 1.54) is 0 Å².